The molecule has 0 radical (unpaired) electrons. The lowest BCUT2D eigenvalue weighted by Crippen LogP contribution is -1.85. The van der Waals surface area contributed by atoms with Crippen LogP contribution in [0.4, 0.5) is 0 Å². The van der Waals surface area contributed by atoms with Crippen molar-refractivity contribution in [3.8, 4) is 5.75 Å². The predicted molar refractivity (Wildman–Crippen MR) is 56.7 cm³/mol. The molecule has 0 aliphatic carbocycles. The fourth-order valence-corrected chi connectivity index (χ4v) is 1.44. The molecular formula is C9H8BrNO3. The first-order valence-electron chi connectivity index (χ1n) is 3.78. The molecule has 0 spiro atoms. The minimum absolute atomic E-state index is 0.507. The Morgan fingerprint density at radius 2 is 2.21 bits per heavy atom. The Kier molecular flexibility index (Phi) is 3.64. The normalized spacial score (nSPS) is 10.4. The Morgan fingerprint density at radius 3 is 2.79 bits per heavy atom. The fraction of sp³-hybridized carbons (Fsp3) is 0.111. The van der Waals surface area contributed by atoms with E-state index < -0.39 is 4.92 Å². The molecule has 0 saturated carbocycles. The molecule has 1 rings (SSSR count). The summed E-state index contributed by atoms with van der Waals surface area (Å²) >= 11 is 3.28. The van der Waals surface area contributed by atoms with Crippen molar-refractivity contribution in [1.29, 1.82) is 0 Å². The Balaban J connectivity index is 2.97. The Morgan fingerprint density at radius 1 is 1.50 bits per heavy atom. The third-order valence-corrected chi connectivity index (χ3v) is 1.98. The zero-order valence-corrected chi connectivity index (χ0v) is 9.02. The van der Waals surface area contributed by atoms with E-state index in [1.165, 1.54) is 6.08 Å². The number of benzene rings is 1. The maximum absolute atomic E-state index is 10.1. The van der Waals surface area contributed by atoms with Gasteiger partial charge in [0.1, 0.15) is 5.75 Å². The molecule has 0 amide bonds. The van der Waals surface area contributed by atoms with E-state index in [1.807, 2.05) is 0 Å². The lowest BCUT2D eigenvalue weighted by Gasteiger charge is -2.01. The van der Waals surface area contributed by atoms with Crippen molar-refractivity contribution in [2.75, 3.05) is 7.11 Å². The standard InChI is InChI=1S/C9H8BrNO3/c1-14-9-5-7(2-3-11(12)13)4-8(10)6-9/h2-6H,1H3/b3-2+. The van der Waals surface area contributed by atoms with E-state index in [0.29, 0.717) is 11.3 Å². The SMILES string of the molecule is COc1cc(Br)cc(/C=C/[N+](=O)[O-])c1. The lowest BCUT2D eigenvalue weighted by atomic mass is 10.2. The van der Waals surface area contributed by atoms with Gasteiger partial charge in [0.05, 0.1) is 12.0 Å². The van der Waals surface area contributed by atoms with E-state index in [4.69, 9.17) is 4.74 Å². The molecule has 0 aliphatic rings. The second-order valence-electron chi connectivity index (χ2n) is 2.53. The summed E-state index contributed by atoms with van der Waals surface area (Å²) in [5.74, 6) is 0.655. The second kappa shape index (κ2) is 4.76. The third-order valence-electron chi connectivity index (χ3n) is 1.52. The van der Waals surface area contributed by atoms with Crippen LogP contribution in [-0.2, 0) is 0 Å². The third kappa shape index (κ3) is 3.18. The van der Waals surface area contributed by atoms with Gasteiger partial charge >= 0.3 is 0 Å². The number of nitro groups is 1. The number of methoxy groups -OCH3 is 1. The lowest BCUT2D eigenvalue weighted by molar-refractivity contribution is -0.400. The van der Waals surface area contributed by atoms with Gasteiger partial charge in [-0.05, 0) is 23.8 Å². The predicted octanol–water partition coefficient (Wildman–Crippen LogP) is 2.71. The van der Waals surface area contributed by atoms with Gasteiger partial charge in [-0.25, -0.2) is 0 Å². The highest BCUT2D eigenvalue weighted by Crippen LogP contribution is 2.21. The molecule has 0 atom stereocenters. The summed E-state index contributed by atoms with van der Waals surface area (Å²) in [7, 11) is 1.54. The smallest absolute Gasteiger partial charge is 0.235 e. The van der Waals surface area contributed by atoms with Crippen molar-refractivity contribution < 1.29 is 9.66 Å². The Labute approximate surface area is 89.5 Å². The van der Waals surface area contributed by atoms with Gasteiger partial charge in [0.15, 0.2) is 0 Å². The van der Waals surface area contributed by atoms with Gasteiger partial charge in [0.25, 0.3) is 0 Å². The number of hydrogen-bond acceptors (Lipinski definition) is 3. The molecule has 0 saturated heterocycles. The maximum Gasteiger partial charge on any atom is 0.235 e. The first-order valence-corrected chi connectivity index (χ1v) is 4.57. The first kappa shape index (κ1) is 10.7. The van der Waals surface area contributed by atoms with Crippen LogP contribution in [0.15, 0.2) is 28.9 Å². The average Bonchev–Trinajstić information content (AvgIpc) is 2.14. The van der Waals surface area contributed by atoms with E-state index in [2.05, 4.69) is 15.9 Å². The van der Waals surface area contributed by atoms with Gasteiger partial charge in [0.2, 0.25) is 6.20 Å². The van der Waals surface area contributed by atoms with Crippen molar-refractivity contribution >= 4 is 22.0 Å². The van der Waals surface area contributed by atoms with Crippen LogP contribution >= 0.6 is 15.9 Å². The van der Waals surface area contributed by atoms with Crippen LogP contribution < -0.4 is 4.74 Å². The number of ether oxygens (including phenoxy) is 1. The highest BCUT2D eigenvalue weighted by molar-refractivity contribution is 9.10. The summed E-state index contributed by atoms with van der Waals surface area (Å²) in [4.78, 5) is 9.58. The van der Waals surface area contributed by atoms with E-state index >= 15 is 0 Å². The van der Waals surface area contributed by atoms with E-state index in [-0.39, 0.29) is 0 Å². The highest BCUT2D eigenvalue weighted by Gasteiger charge is 1.97. The number of halogens is 1. The van der Waals surface area contributed by atoms with E-state index in [9.17, 15) is 10.1 Å². The van der Waals surface area contributed by atoms with Crippen LogP contribution in [0.2, 0.25) is 0 Å². The fourth-order valence-electron chi connectivity index (χ4n) is 0.945. The highest BCUT2D eigenvalue weighted by atomic mass is 79.9. The first-order chi connectivity index (χ1) is 6.61. The average molecular weight is 258 g/mol. The Bertz CT molecular complexity index is 376. The van der Waals surface area contributed by atoms with Crippen molar-refractivity contribution in [2.24, 2.45) is 0 Å². The quantitative estimate of drug-likeness (QED) is 0.618. The number of hydrogen-bond donors (Lipinski definition) is 0. The van der Waals surface area contributed by atoms with Gasteiger partial charge in [-0.3, -0.25) is 10.1 Å². The minimum Gasteiger partial charge on any atom is -0.497 e. The summed E-state index contributed by atoms with van der Waals surface area (Å²) in [6, 6.07) is 5.26. The molecule has 0 aromatic heterocycles. The van der Waals surface area contributed by atoms with Crippen LogP contribution in [0.5, 0.6) is 5.75 Å². The molecule has 14 heavy (non-hydrogen) atoms. The van der Waals surface area contributed by atoms with E-state index in [0.717, 1.165) is 10.7 Å². The molecule has 0 heterocycles. The van der Waals surface area contributed by atoms with Crippen molar-refractivity contribution in [3.63, 3.8) is 0 Å². The molecular weight excluding hydrogens is 250 g/mol. The van der Waals surface area contributed by atoms with Gasteiger partial charge in [0, 0.05) is 10.5 Å². The maximum atomic E-state index is 10.1. The summed E-state index contributed by atoms with van der Waals surface area (Å²) in [6.07, 6.45) is 2.30. The molecule has 0 fully saturated rings. The van der Waals surface area contributed by atoms with E-state index in [1.54, 1.807) is 25.3 Å². The molecule has 1 aromatic carbocycles. The van der Waals surface area contributed by atoms with Crippen molar-refractivity contribution in [3.05, 3.63) is 44.5 Å². The van der Waals surface area contributed by atoms with Crippen LogP contribution in [0.1, 0.15) is 5.56 Å². The second-order valence-corrected chi connectivity index (χ2v) is 3.44. The molecule has 4 nitrogen and oxygen atoms in total. The zero-order valence-electron chi connectivity index (χ0n) is 7.44. The molecule has 5 heteroatoms. The van der Waals surface area contributed by atoms with Crippen molar-refractivity contribution in [1.82, 2.24) is 0 Å². The Hall–Kier alpha value is -1.36. The topological polar surface area (TPSA) is 52.4 Å². The van der Waals surface area contributed by atoms with Gasteiger partial charge in [-0.15, -0.1) is 0 Å². The molecule has 1 aromatic rings. The van der Waals surface area contributed by atoms with Gasteiger partial charge in [-0.1, -0.05) is 15.9 Å². The van der Waals surface area contributed by atoms with Crippen LogP contribution in [0.3, 0.4) is 0 Å². The molecule has 0 bridgehead atoms. The van der Waals surface area contributed by atoms with Crippen LogP contribution in [-0.4, -0.2) is 12.0 Å². The summed E-state index contributed by atoms with van der Waals surface area (Å²) in [5.41, 5.74) is 0.716. The summed E-state index contributed by atoms with van der Waals surface area (Å²) < 4.78 is 5.83. The molecule has 0 N–H and O–H groups in total. The molecule has 0 aliphatic heterocycles. The van der Waals surface area contributed by atoms with Crippen molar-refractivity contribution in [2.45, 2.75) is 0 Å². The minimum atomic E-state index is -0.507. The van der Waals surface area contributed by atoms with Crippen LogP contribution in [0.25, 0.3) is 6.08 Å². The monoisotopic (exact) mass is 257 g/mol. The number of rotatable bonds is 3. The largest absolute Gasteiger partial charge is 0.497 e. The summed E-state index contributed by atoms with van der Waals surface area (Å²) in [5, 5.41) is 10.1. The van der Waals surface area contributed by atoms with Gasteiger partial charge in [-0.2, -0.15) is 0 Å². The van der Waals surface area contributed by atoms with Crippen LogP contribution in [0, 0.1) is 10.1 Å². The van der Waals surface area contributed by atoms with Gasteiger partial charge < -0.3 is 4.74 Å². The molecule has 0 unspecified atom stereocenters. The molecule has 74 valence electrons. The number of nitrogens with zero attached hydrogens (tertiary/aromatic N) is 1. The summed E-state index contributed by atoms with van der Waals surface area (Å²) in [6.45, 7) is 0. The zero-order chi connectivity index (χ0) is 10.6.